The van der Waals surface area contributed by atoms with Crippen molar-refractivity contribution in [2.45, 2.75) is 59.0 Å². The fourth-order valence-corrected chi connectivity index (χ4v) is 3.84. The highest BCUT2D eigenvalue weighted by molar-refractivity contribution is 7.15. The molecular formula is C15H26N2OS. The molecule has 1 N–H and O–H groups in total. The quantitative estimate of drug-likeness (QED) is 0.896. The molecule has 0 amide bonds. The van der Waals surface area contributed by atoms with E-state index in [1.165, 1.54) is 25.7 Å². The van der Waals surface area contributed by atoms with Crippen LogP contribution in [0.5, 0.6) is 0 Å². The minimum absolute atomic E-state index is 0.137. The molecule has 0 bridgehead atoms. The molecule has 1 atom stereocenters. The first kappa shape index (κ1) is 14.8. The summed E-state index contributed by atoms with van der Waals surface area (Å²) in [7, 11) is 0. The van der Waals surface area contributed by atoms with Gasteiger partial charge in [0.05, 0.1) is 17.2 Å². The summed E-state index contributed by atoms with van der Waals surface area (Å²) in [5.74, 6) is 0.886. The van der Waals surface area contributed by atoms with Crippen molar-refractivity contribution >= 4 is 16.5 Å². The number of rotatable bonds is 5. The molecule has 1 saturated heterocycles. The molecule has 1 unspecified atom stereocenters. The smallest absolute Gasteiger partial charge is 0.185 e. The van der Waals surface area contributed by atoms with Crippen molar-refractivity contribution < 1.29 is 5.11 Å². The molecule has 1 fully saturated rings. The zero-order chi connectivity index (χ0) is 13.7. The maximum atomic E-state index is 9.44. The lowest BCUT2D eigenvalue weighted by Crippen LogP contribution is -2.24. The molecule has 2 heterocycles. The number of thiazole rings is 1. The van der Waals surface area contributed by atoms with Crippen molar-refractivity contribution in [3.63, 3.8) is 0 Å². The van der Waals surface area contributed by atoms with Gasteiger partial charge in [0.2, 0.25) is 0 Å². The Morgan fingerprint density at radius 2 is 2.16 bits per heavy atom. The van der Waals surface area contributed by atoms with Crippen LogP contribution in [0.25, 0.3) is 0 Å². The van der Waals surface area contributed by atoms with Gasteiger partial charge in [0.15, 0.2) is 5.13 Å². The maximum absolute atomic E-state index is 9.44. The number of hydrogen-bond donors (Lipinski definition) is 1. The van der Waals surface area contributed by atoms with E-state index in [9.17, 15) is 5.11 Å². The molecule has 0 radical (unpaired) electrons. The zero-order valence-corrected chi connectivity index (χ0v) is 13.0. The van der Waals surface area contributed by atoms with Gasteiger partial charge >= 0.3 is 0 Å². The van der Waals surface area contributed by atoms with Crippen LogP contribution in [0.15, 0.2) is 0 Å². The Hall–Kier alpha value is -0.610. The third-order valence-electron chi connectivity index (χ3n) is 4.09. The maximum Gasteiger partial charge on any atom is 0.185 e. The molecule has 0 saturated carbocycles. The topological polar surface area (TPSA) is 36.4 Å². The van der Waals surface area contributed by atoms with Crippen LogP contribution in [0, 0.1) is 5.92 Å². The van der Waals surface area contributed by atoms with Crippen molar-refractivity contribution in [2.24, 2.45) is 5.92 Å². The van der Waals surface area contributed by atoms with E-state index >= 15 is 0 Å². The van der Waals surface area contributed by atoms with Crippen LogP contribution >= 0.6 is 11.3 Å². The van der Waals surface area contributed by atoms with E-state index < -0.39 is 0 Å². The summed E-state index contributed by atoms with van der Waals surface area (Å²) >= 11 is 1.69. The summed E-state index contributed by atoms with van der Waals surface area (Å²) in [6, 6.07) is 0. The number of hydrogen-bond acceptors (Lipinski definition) is 4. The zero-order valence-electron chi connectivity index (χ0n) is 12.2. The van der Waals surface area contributed by atoms with Gasteiger partial charge in [-0.15, -0.1) is 0 Å². The Balaban J connectivity index is 2.08. The summed E-state index contributed by atoms with van der Waals surface area (Å²) in [6.07, 6.45) is 7.29. The predicted molar refractivity (Wildman–Crippen MR) is 81.9 cm³/mol. The van der Waals surface area contributed by atoms with Gasteiger partial charge in [-0.25, -0.2) is 4.98 Å². The molecule has 2 rings (SSSR count). The summed E-state index contributed by atoms with van der Waals surface area (Å²) in [4.78, 5) is 8.26. The van der Waals surface area contributed by atoms with Crippen LogP contribution in [-0.2, 0) is 13.0 Å². The molecule has 1 aromatic rings. The van der Waals surface area contributed by atoms with Crippen LogP contribution in [0.2, 0.25) is 0 Å². The van der Waals surface area contributed by atoms with E-state index in [4.69, 9.17) is 4.98 Å². The Labute approximate surface area is 120 Å². The van der Waals surface area contributed by atoms with Crippen molar-refractivity contribution in [2.75, 3.05) is 18.0 Å². The molecule has 0 aromatic carbocycles. The number of aromatic nitrogens is 1. The minimum atomic E-state index is 0.137. The fraction of sp³-hybridized carbons (Fsp3) is 0.800. The van der Waals surface area contributed by atoms with E-state index in [0.717, 1.165) is 47.6 Å². The second-order valence-corrected chi connectivity index (χ2v) is 6.53. The van der Waals surface area contributed by atoms with Crippen LogP contribution in [-0.4, -0.2) is 23.2 Å². The van der Waals surface area contributed by atoms with Crippen LogP contribution in [0.3, 0.4) is 0 Å². The Bertz CT molecular complexity index is 391. The van der Waals surface area contributed by atoms with E-state index in [1.54, 1.807) is 11.3 Å². The minimum Gasteiger partial charge on any atom is -0.391 e. The molecular weight excluding hydrogens is 256 g/mol. The average Bonchev–Trinajstić information content (AvgIpc) is 2.68. The second kappa shape index (κ2) is 7.25. The average molecular weight is 282 g/mol. The van der Waals surface area contributed by atoms with Crippen LogP contribution < -0.4 is 4.90 Å². The number of aliphatic hydroxyl groups excluding tert-OH is 1. The molecule has 3 nitrogen and oxygen atoms in total. The molecule has 1 aliphatic rings. The van der Waals surface area contributed by atoms with Gasteiger partial charge < -0.3 is 10.0 Å². The molecule has 0 spiro atoms. The predicted octanol–water partition coefficient (Wildman–Crippen LogP) is 3.60. The second-order valence-electron chi connectivity index (χ2n) is 5.47. The first-order valence-corrected chi connectivity index (χ1v) is 8.44. The van der Waals surface area contributed by atoms with Crippen molar-refractivity contribution in [1.29, 1.82) is 0 Å². The third kappa shape index (κ3) is 3.69. The first-order valence-electron chi connectivity index (χ1n) is 7.62. The van der Waals surface area contributed by atoms with Crippen molar-refractivity contribution in [1.82, 2.24) is 4.98 Å². The third-order valence-corrected chi connectivity index (χ3v) is 5.24. The Kier molecular flexibility index (Phi) is 5.64. The van der Waals surface area contributed by atoms with Gasteiger partial charge in [0.1, 0.15) is 0 Å². The summed E-state index contributed by atoms with van der Waals surface area (Å²) in [5.41, 5.74) is 1.11. The molecule has 108 valence electrons. The summed E-state index contributed by atoms with van der Waals surface area (Å²) in [5, 5.41) is 10.6. The highest BCUT2D eigenvalue weighted by Gasteiger charge is 2.19. The summed E-state index contributed by atoms with van der Waals surface area (Å²) < 4.78 is 0. The van der Waals surface area contributed by atoms with Gasteiger partial charge in [-0.3, -0.25) is 0 Å². The number of aryl methyl sites for hydroxylation is 1. The molecule has 19 heavy (non-hydrogen) atoms. The number of nitrogens with zero attached hydrogens (tertiary/aromatic N) is 2. The van der Waals surface area contributed by atoms with Gasteiger partial charge in [0, 0.05) is 13.1 Å². The van der Waals surface area contributed by atoms with Crippen molar-refractivity contribution in [3.8, 4) is 0 Å². The molecule has 1 aliphatic heterocycles. The standard InChI is InChI=1S/C15H26N2OS/c1-3-6-13-14(11-18)19-15(16-13)17-9-5-7-12(4-2)8-10-17/h12,18H,3-11H2,1-2H3. The molecule has 4 heteroatoms. The summed E-state index contributed by atoms with van der Waals surface area (Å²) in [6.45, 7) is 6.85. The lowest BCUT2D eigenvalue weighted by molar-refractivity contribution is 0.284. The largest absolute Gasteiger partial charge is 0.391 e. The van der Waals surface area contributed by atoms with Gasteiger partial charge in [0.25, 0.3) is 0 Å². The normalized spacial score (nSPS) is 20.6. The van der Waals surface area contributed by atoms with Gasteiger partial charge in [-0.1, -0.05) is 38.0 Å². The lowest BCUT2D eigenvalue weighted by atomic mass is 9.98. The fourth-order valence-electron chi connectivity index (χ4n) is 2.83. The van der Waals surface area contributed by atoms with Crippen molar-refractivity contribution in [3.05, 3.63) is 10.6 Å². The van der Waals surface area contributed by atoms with E-state index in [2.05, 4.69) is 18.7 Å². The molecule has 0 aliphatic carbocycles. The number of aliphatic hydroxyl groups is 1. The lowest BCUT2D eigenvalue weighted by Gasteiger charge is -2.19. The van der Waals surface area contributed by atoms with E-state index in [-0.39, 0.29) is 6.61 Å². The van der Waals surface area contributed by atoms with E-state index in [0.29, 0.717) is 0 Å². The number of anilines is 1. The van der Waals surface area contributed by atoms with E-state index in [1.807, 2.05) is 0 Å². The molecule has 1 aromatic heterocycles. The first-order chi connectivity index (χ1) is 9.28. The SMILES string of the molecule is CCCc1nc(N2CCCC(CC)CC2)sc1CO. The monoisotopic (exact) mass is 282 g/mol. The van der Waals surface area contributed by atoms with Crippen LogP contribution in [0.1, 0.15) is 56.5 Å². The van der Waals surface area contributed by atoms with Crippen LogP contribution in [0.4, 0.5) is 5.13 Å². The Morgan fingerprint density at radius 1 is 1.32 bits per heavy atom. The highest BCUT2D eigenvalue weighted by atomic mass is 32.1. The van der Waals surface area contributed by atoms with Gasteiger partial charge in [-0.2, -0.15) is 0 Å². The Morgan fingerprint density at radius 3 is 2.84 bits per heavy atom. The van der Waals surface area contributed by atoms with Gasteiger partial charge in [-0.05, 0) is 31.6 Å². The highest BCUT2D eigenvalue weighted by Crippen LogP contribution is 2.30.